The molecule has 0 saturated carbocycles. The van der Waals surface area contributed by atoms with Gasteiger partial charge in [-0.3, -0.25) is 4.79 Å². The minimum absolute atomic E-state index is 0.0156. The first-order valence-electron chi connectivity index (χ1n) is 9.27. The number of nitrogens with one attached hydrogen (secondary N) is 1. The van der Waals surface area contributed by atoms with Crippen LogP contribution in [0.1, 0.15) is 6.92 Å². The lowest BCUT2D eigenvalue weighted by Gasteiger charge is -2.13. The molecule has 0 bridgehead atoms. The third kappa shape index (κ3) is 3.62. The van der Waals surface area contributed by atoms with E-state index in [0.717, 1.165) is 0 Å². The van der Waals surface area contributed by atoms with Crippen molar-refractivity contribution in [3.63, 3.8) is 0 Å². The molecular weight excluding hydrogens is 424 g/mol. The summed E-state index contributed by atoms with van der Waals surface area (Å²) in [4.78, 5) is 15.7. The Bertz CT molecular complexity index is 1400. The van der Waals surface area contributed by atoms with E-state index in [-0.39, 0.29) is 16.2 Å². The van der Waals surface area contributed by atoms with Gasteiger partial charge in [-0.25, -0.2) is 8.42 Å². The monoisotopic (exact) mass is 442 g/mol. The summed E-state index contributed by atoms with van der Waals surface area (Å²) in [6.45, 7) is 1.60. The number of sulfone groups is 1. The Morgan fingerprint density at radius 1 is 1.07 bits per heavy atom. The van der Waals surface area contributed by atoms with Gasteiger partial charge in [-0.15, -0.1) is 0 Å². The predicted molar refractivity (Wildman–Crippen MR) is 118 cm³/mol. The SMILES string of the molecule is CCS(=O)(=O)c1ccc(Oc2ccc(Cl)cc2)c(-c2c[nH]c3c(=O)n(C)ccc23)c1. The Hall–Kier alpha value is -3.03. The molecule has 0 spiro atoms. The standard InChI is InChI=1S/C22H19ClN2O4S/c1-3-30(27,28)16-8-9-20(29-15-6-4-14(23)5-7-15)18(12-16)19-13-24-21-17(19)10-11-25(2)22(21)26/h4-13,24H,3H2,1-2H3. The van der Waals surface area contributed by atoms with Gasteiger partial charge in [-0.05, 0) is 48.5 Å². The van der Waals surface area contributed by atoms with Crippen molar-refractivity contribution in [3.05, 3.63) is 76.3 Å². The van der Waals surface area contributed by atoms with Crippen LogP contribution >= 0.6 is 11.6 Å². The highest BCUT2D eigenvalue weighted by molar-refractivity contribution is 7.91. The predicted octanol–water partition coefficient (Wildman–Crippen LogP) is 4.77. The van der Waals surface area contributed by atoms with Crippen LogP contribution < -0.4 is 10.3 Å². The van der Waals surface area contributed by atoms with Crippen LogP contribution in [0, 0.1) is 0 Å². The molecule has 0 fully saturated rings. The highest BCUT2D eigenvalue weighted by Gasteiger charge is 2.19. The third-order valence-electron chi connectivity index (χ3n) is 4.94. The van der Waals surface area contributed by atoms with Crippen molar-refractivity contribution in [1.29, 1.82) is 0 Å². The fraction of sp³-hybridized carbons (Fsp3) is 0.136. The van der Waals surface area contributed by atoms with Crippen molar-refractivity contribution >= 4 is 32.3 Å². The number of ether oxygens (including phenoxy) is 1. The van der Waals surface area contributed by atoms with Crippen LogP contribution in [-0.4, -0.2) is 23.7 Å². The van der Waals surface area contributed by atoms with Gasteiger partial charge in [-0.1, -0.05) is 18.5 Å². The maximum absolute atomic E-state index is 12.5. The van der Waals surface area contributed by atoms with Gasteiger partial charge in [0.15, 0.2) is 9.84 Å². The summed E-state index contributed by atoms with van der Waals surface area (Å²) in [5.74, 6) is 1.01. The number of fused-ring (bicyclic) bond motifs is 1. The number of hydrogen-bond donors (Lipinski definition) is 1. The van der Waals surface area contributed by atoms with Crippen molar-refractivity contribution < 1.29 is 13.2 Å². The molecule has 6 nitrogen and oxygen atoms in total. The highest BCUT2D eigenvalue weighted by Crippen LogP contribution is 2.38. The van der Waals surface area contributed by atoms with Crippen LogP contribution in [0.4, 0.5) is 0 Å². The molecule has 0 atom stereocenters. The zero-order chi connectivity index (χ0) is 21.5. The fourth-order valence-electron chi connectivity index (χ4n) is 3.24. The number of aromatic nitrogens is 2. The lowest BCUT2D eigenvalue weighted by molar-refractivity contribution is 0.484. The van der Waals surface area contributed by atoms with E-state index in [9.17, 15) is 13.2 Å². The van der Waals surface area contributed by atoms with Gasteiger partial charge in [0.1, 0.15) is 17.0 Å². The molecule has 154 valence electrons. The molecule has 2 aromatic carbocycles. The van der Waals surface area contributed by atoms with E-state index in [4.69, 9.17) is 16.3 Å². The summed E-state index contributed by atoms with van der Waals surface area (Å²) >= 11 is 5.95. The van der Waals surface area contributed by atoms with E-state index in [1.807, 2.05) is 6.07 Å². The first kappa shape index (κ1) is 20.3. The molecule has 4 rings (SSSR count). The molecule has 0 aliphatic heterocycles. The first-order valence-corrected chi connectivity index (χ1v) is 11.3. The molecular formula is C22H19ClN2O4S. The first-order chi connectivity index (χ1) is 14.3. The van der Waals surface area contributed by atoms with Crippen LogP contribution in [0.25, 0.3) is 22.0 Å². The largest absolute Gasteiger partial charge is 0.457 e. The molecule has 2 heterocycles. The number of nitrogens with zero attached hydrogens (tertiary/aromatic N) is 1. The number of rotatable bonds is 5. The Kier molecular flexibility index (Phi) is 5.17. The lowest BCUT2D eigenvalue weighted by Crippen LogP contribution is -2.15. The molecule has 4 aromatic rings. The van der Waals surface area contributed by atoms with Crippen molar-refractivity contribution in [2.75, 3.05) is 5.75 Å². The summed E-state index contributed by atoms with van der Waals surface area (Å²) < 4.78 is 32.5. The minimum atomic E-state index is -3.42. The number of aryl methyl sites for hydroxylation is 1. The summed E-state index contributed by atoms with van der Waals surface area (Å²) in [6.07, 6.45) is 3.37. The number of H-pyrrole nitrogens is 1. The number of pyridine rings is 1. The second-order valence-electron chi connectivity index (χ2n) is 6.84. The van der Waals surface area contributed by atoms with E-state index in [2.05, 4.69) is 4.98 Å². The minimum Gasteiger partial charge on any atom is -0.457 e. The fourth-order valence-corrected chi connectivity index (χ4v) is 4.27. The Morgan fingerprint density at radius 2 is 1.80 bits per heavy atom. The smallest absolute Gasteiger partial charge is 0.274 e. The lowest BCUT2D eigenvalue weighted by atomic mass is 10.0. The summed E-state index contributed by atoms with van der Waals surface area (Å²) in [5.41, 5.74) is 1.52. The zero-order valence-electron chi connectivity index (χ0n) is 16.3. The second-order valence-corrected chi connectivity index (χ2v) is 9.55. The van der Waals surface area contributed by atoms with Gasteiger partial charge >= 0.3 is 0 Å². The second kappa shape index (κ2) is 7.66. The molecule has 8 heteroatoms. The van der Waals surface area contributed by atoms with E-state index >= 15 is 0 Å². The molecule has 1 N–H and O–H groups in total. The van der Waals surface area contributed by atoms with Crippen LogP contribution in [0.5, 0.6) is 11.5 Å². The Labute approximate surface area is 178 Å². The molecule has 0 saturated heterocycles. The van der Waals surface area contributed by atoms with Gasteiger partial charge < -0.3 is 14.3 Å². The molecule has 0 radical (unpaired) electrons. The van der Waals surface area contributed by atoms with Crippen molar-refractivity contribution in [2.45, 2.75) is 11.8 Å². The van der Waals surface area contributed by atoms with Crippen LogP contribution in [0.3, 0.4) is 0 Å². The van der Waals surface area contributed by atoms with Crippen LogP contribution in [0.2, 0.25) is 5.02 Å². The molecule has 0 aliphatic rings. The van der Waals surface area contributed by atoms with Gasteiger partial charge in [0.2, 0.25) is 0 Å². The molecule has 0 aliphatic carbocycles. The van der Waals surface area contributed by atoms with Crippen molar-refractivity contribution in [1.82, 2.24) is 9.55 Å². The third-order valence-corrected chi connectivity index (χ3v) is 6.93. The number of benzene rings is 2. The summed E-state index contributed by atoms with van der Waals surface area (Å²) in [5, 5.41) is 1.27. The summed E-state index contributed by atoms with van der Waals surface area (Å²) in [7, 11) is -1.75. The number of aromatic amines is 1. The Morgan fingerprint density at radius 3 is 2.50 bits per heavy atom. The van der Waals surface area contributed by atoms with Gasteiger partial charge in [-0.2, -0.15) is 0 Å². The number of halogens is 1. The Balaban J connectivity index is 1.93. The highest BCUT2D eigenvalue weighted by atomic mass is 35.5. The van der Waals surface area contributed by atoms with Crippen molar-refractivity contribution in [2.24, 2.45) is 7.05 Å². The van der Waals surface area contributed by atoms with Crippen LogP contribution in [-0.2, 0) is 16.9 Å². The zero-order valence-corrected chi connectivity index (χ0v) is 17.9. The van der Waals surface area contributed by atoms with Gasteiger partial charge in [0.05, 0.1) is 10.6 Å². The normalized spacial score (nSPS) is 11.7. The van der Waals surface area contributed by atoms with Crippen molar-refractivity contribution in [3.8, 4) is 22.6 Å². The maximum Gasteiger partial charge on any atom is 0.274 e. The molecule has 30 heavy (non-hydrogen) atoms. The average Bonchev–Trinajstić information content (AvgIpc) is 3.17. The van der Waals surface area contributed by atoms with E-state index in [1.165, 1.54) is 10.6 Å². The average molecular weight is 443 g/mol. The molecule has 2 aromatic heterocycles. The van der Waals surface area contributed by atoms with Gasteiger partial charge in [0.25, 0.3) is 5.56 Å². The number of hydrogen-bond acceptors (Lipinski definition) is 4. The van der Waals surface area contributed by atoms with Gasteiger partial charge in [0, 0.05) is 41.0 Å². The quantitative estimate of drug-likeness (QED) is 0.482. The van der Waals surface area contributed by atoms with E-state index in [0.29, 0.717) is 38.6 Å². The maximum atomic E-state index is 12.5. The van der Waals surface area contributed by atoms with E-state index in [1.54, 1.807) is 62.8 Å². The van der Waals surface area contributed by atoms with Crippen LogP contribution in [0.15, 0.2) is 70.6 Å². The molecule has 0 amide bonds. The van der Waals surface area contributed by atoms with E-state index < -0.39 is 9.84 Å². The molecule has 0 unspecified atom stereocenters. The summed E-state index contributed by atoms with van der Waals surface area (Å²) in [6, 6.07) is 13.4. The topological polar surface area (TPSA) is 81.2 Å².